The van der Waals surface area contributed by atoms with Crippen molar-refractivity contribution in [2.45, 2.75) is 17.8 Å². The number of thioether (sulfide) groups is 1. The molecule has 4 N–H and O–H groups in total. The Balaban J connectivity index is 1.68. The van der Waals surface area contributed by atoms with Gasteiger partial charge in [-0.15, -0.1) is 11.8 Å². The Hall–Kier alpha value is -3.01. The Morgan fingerprint density at radius 3 is 2.63 bits per heavy atom. The molecule has 1 aromatic rings. The van der Waals surface area contributed by atoms with Crippen molar-refractivity contribution in [1.82, 2.24) is 10.2 Å². The van der Waals surface area contributed by atoms with E-state index >= 15 is 0 Å². The first kappa shape index (κ1) is 18.8. The molecule has 0 spiro atoms. The van der Waals surface area contributed by atoms with E-state index in [1.54, 1.807) is 12.1 Å². The maximum Gasteiger partial charge on any atom is 0.404 e. The number of hydrogen-bond acceptors (Lipinski definition) is 6. The molecular weight excluding hydrogens is 374 g/mol. The van der Waals surface area contributed by atoms with Crippen LogP contribution in [0.2, 0.25) is 0 Å². The summed E-state index contributed by atoms with van der Waals surface area (Å²) in [6.45, 7) is -0.300. The number of primary amides is 1. The summed E-state index contributed by atoms with van der Waals surface area (Å²) < 4.78 is 4.66. The number of hydrogen-bond donors (Lipinski definition) is 3. The van der Waals surface area contributed by atoms with E-state index in [9.17, 15) is 24.3 Å². The number of aliphatic carboxylic acids is 1. The second-order valence-electron chi connectivity index (χ2n) is 5.98. The van der Waals surface area contributed by atoms with Gasteiger partial charge in [-0.25, -0.2) is 9.59 Å². The number of amides is 3. The standard InChI is InChI=1S/C17H17N3O6S/c18-17(25)26-7-10-8-27-15-12(14(22)20(15)13(10)16(23)24)19-11(21)6-9-4-2-1-3-5-9/h1-5,12,15H,6-8H2,(H2,18,25)(H,19,21)(H,23,24)/t12?,15-/m1/s1. The lowest BCUT2D eigenvalue weighted by Crippen LogP contribution is -2.70. The van der Waals surface area contributed by atoms with Crippen LogP contribution >= 0.6 is 11.8 Å². The summed E-state index contributed by atoms with van der Waals surface area (Å²) in [5.74, 6) is -1.88. The van der Waals surface area contributed by atoms with Gasteiger partial charge in [-0.3, -0.25) is 14.5 Å². The smallest absolute Gasteiger partial charge is 0.404 e. The molecule has 0 aliphatic carbocycles. The molecule has 0 saturated carbocycles. The van der Waals surface area contributed by atoms with Gasteiger partial charge >= 0.3 is 12.1 Å². The van der Waals surface area contributed by atoms with Gasteiger partial charge in [0.2, 0.25) is 5.91 Å². The fourth-order valence-electron chi connectivity index (χ4n) is 2.96. The van der Waals surface area contributed by atoms with E-state index in [1.165, 1.54) is 11.8 Å². The van der Waals surface area contributed by atoms with Crippen molar-refractivity contribution in [3.8, 4) is 0 Å². The summed E-state index contributed by atoms with van der Waals surface area (Å²) >= 11 is 1.29. The van der Waals surface area contributed by atoms with Crippen molar-refractivity contribution in [3.63, 3.8) is 0 Å². The highest BCUT2D eigenvalue weighted by Crippen LogP contribution is 2.40. The van der Waals surface area contributed by atoms with Crippen LogP contribution in [0.15, 0.2) is 41.6 Å². The summed E-state index contributed by atoms with van der Waals surface area (Å²) in [4.78, 5) is 48.1. The molecule has 2 heterocycles. The largest absolute Gasteiger partial charge is 0.477 e. The molecule has 1 saturated heterocycles. The van der Waals surface area contributed by atoms with Crippen LogP contribution in [-0.4, -0.2) is 57.7 Å². The summed E-state index contributed by atoms with van der Waals surface area (Å²) in [6, 6.07) is 8.29. The topological polar surface area (TPSA) is 139 Å². The molecular formula is C17H17N3O6S. The van der Waals surface area contributed by atoms with Crippen molar-refractivity contribution in [1.29, 1.82) is 0 Å². The Bertz CT molecular complexity index is 825. The Morgan fingerprint density at radius 2 is 2.00 bits per heavy atom. The van der Waals surface area contributed by atoms with Gasteiger partial charge in [0.05, 0.1) is 6.42 Å². The number of rotatable bonds is 6. The normalized spacial score (nSPS) is 21.2. The highest BCUT2D eigenvalue weighted by molar-refractivity contribution is 8.00. The van der Waals surface area contributed by atoms with Crippen LogP contribution in [0, 0.1) is 0 Å². The molecule has 0 aromatic heterocycles. The third-order valence-corrected chi connectivity index (χ3v) is 5.50. The highest BCUT2D eigenvalue weighted by atomic mass is 32.2. The molecule has 27 heavy (non-hydrogen) atoms. The van der Waals surface area contributed by atoms with E-state index in [4.69, 9.17) is 5.73 Å². The van der Waals surface area contributed by atoms with Gasteiger partial charge < -0.3 is 20.9 Å². The van der Waals surface area contributed by atoms with E-state index < -0.39 is 29.4 Å². The predicted octanol–water partition coefficient (Wildman–Crippen LogP) is 0.0630. The molecule has 3 amide bonds. The fraction of sp³-hybridized carbons (Fsp3) is 0.294. The molecule has 2 atom stereocenters. The molecule has 2 aliphatic rings. The number of ether oxygens (including phenoxy) is 1. The minimum Gasteiger partial charge on any atom is -0.477 e. The summed E-state index contributed by atoms with van der Waals surface area (Å²) in [5.41, 5.74) is 5.78. The molecule has 1 aromatic carbocycles. The van der Waals surface area contributed by atoms with Crippen molar-refractivity contribution in [2.75, 3.05) is 12.4 Å². The number of carbonyl (C=O) groups excluding carboxylic acids is 3. The van der Waals surface area contributed by atoms with Gasteiger partial charge in [-0.05, 0) is 5.56 Å². The lowest BCUT2D eigenvalue weighted by molar-refractivity contribution is -0.150. The van der Waals surface area contributed by atoms with Crippen molar-refractivity contribution in [3.05, 3.63) is 47.2 Å². The van der Waals surface area contributed by atoms with E-state index in [2.05, 4.69) is 10.1 Å². The quantitative estimate of drug-likeness (QED) is 0.583. The monoisotopic (exact) mass is 391 g/mol. The van der Waals surface area contributed by atoms with E-state index in [0.29, 0.717) is 0 Å². The number of nitrogens with two attached hydrogens (primary N) is 1. The van der Waals surface area contributed by atoms with Crippen LogP contribution in [0.3, 0.4) is 0 Å². The van der Waals surface area contributed by atoms with Gasteiger partial charge in [0.15, 0.2) is 0 Å². The molecule has 0 bridgehead atoms. The maximum absolute atomic E-state index is 12.5. The van der Waals surface area contributed by atoms with E-state index in [-0.39, 0.29) is 36.0 Å². The average Bonchev–Trinajstić information content (AvgIpc) is 2.64. The summed E-state index contributed by atoms with van der Waals surface area (Å²) in [6.07, 6.45) is -0.901. The maximum atomic E-state index is 12.5. The number of benzene rings is 1. The second kappa shape index (κ2) is 7.70. The first-order valence-corrected chi connectivity index (χ1v) is 9.09. The minimum absolute atomic E-state index is 0.126. The zero-order valence-electron chi connectivity index (χ0n) is 14.1. The third kappa shape index (κ3) is 3.90. The van der Waals surface area contributed by atoms with Crippen molar-refractivity contribution < 1.29 is 29.0 Å². The number of fused-ring (bicyclic) bond motifs is 1. The van der Waals surface area contributed by atoms with Gasteiger partial charge in [-0.2, -0.15) is 0 Å². The molecule has 3 rings (SSSR count). The SMILES string of the molecule is NC(=O)OCC1=C(C(=O)O)N2C(=O)C(NC(=O)Cc3ccccc3)[C@H]2SC1. The van der Waals surface area contributed by atoms with Crippen molar-refractivity contribution >= 4 is 35.6 Å². The van der Waals surface area contributed by atoms with Crippen molar-refractivity contribution in [2.24, 2.45) is 5.73 Å². The van der Waals surface area contributed by atoms with E-state index in [0.717, 1.165) is 10.5 Å². The minimum atomic E-state index is -1.30. The third-order valence-electron chi connectivity index (χ3n) is 4.16. The zero-order chi connectivity index (χ0) is 19.6. The molecule has 0 radical (unpaired) electrons. The van der Waals surface area contributed by atoms with Gasteiger partial charge in [0.1, 0.15) is 23.7 Å². The number of carboxylic acids is 1. The molecule has 1 fully saturated rings. The first-order chi connectivity index (χ1) is 12.9. The molecule has 1 unspecified atom stereocenters. The van der Waals surface area contributed by atoms with Crippen LogP contribution in [0.1, 0.15) is 5.56 Å². The Labute approximate surface area is 158 Å². The molecule has 142 valence electrons. The molecule has 9 nitrogen and oxygen atoms in total. The van der Waals surface area contributed by atoms with Crippen LogP contribution in [0.5, 0.6) is 0 Å². The second-order valence-corrected chi connectivity index (χ2v) is 7.09. The van der Waals surface area contributed by atoms with Crippen LogP contribution < -0.4 is 11.1 Å². The number of nitrogens with zero attached hydrogens (tertiary/aromatic N) is 1. The number of nitrogens with one attached hydrogen (secondary N) is 1. The number of β-lactam (4-membered cyclic amide) rings is 1. The van der Waals surface area contributed by atoms with Crippen LogP contribution in [0.4, 0.5) is 4.79 Å². The Kier molecular flexibility index (Phi) is 5.36. The summed E-state index contributed by atoms with van der Waals surface area (Å²) in [7, 11) is 0. The number of carboxylic acid groups (broad SMARTS) is 1. The highest BCUT2D eigenvalue weighted by Gasteiger charge is 2.54. The molecule has 10 heteroatoms. The first-order valence-electron chi connectivity index (χ1n) is 8.04. The average molecular weight is 391 g/mol. The zero-order valence-corrected chi connectivity index (χ0v) is 14.9. The Morgan fingerprint density at radius 1 is 1.30 bits per heavy atom. The molecule has 2 aliphatic heterocycles. The predicted molar refractivity (Wildman–Crippen MR) is 95.4 cm³/mol. The van der Waals surface area contributed by atoms with Crippen LogP contribution in [0.25, 0.3) is 0 Å². The fourth-order valence-corrected chi connectivity index (χ4v) is 4.29. The summed E-state index contributed by atoms with van der Waals surface area (Å²) in [5, 5.41) is 11.6. The van der Waals surface area contributed by atoms with Gasteiger partial charge in [0.25, 0.3) is 5.91 Å². The number of carbonyl (C=O) groups is 4. The van der Waals surface area contributed by atoms with Crippen LogP contribution in [-0.2, 0) is 25.5 Å². The van der Waals surface area contributed by atoms with Gasteiger partial charge in [-0.1, -0.05) is 30.3 Å². The van der Waals surface area contributed by atoms with Gasteiger partial charge in [0, 0.05) is 11.3 Å². The lowest BCUT2D eigenvalue weighted by Gasteiger charge is -2.49. The van der Waals surface area contributed by atoms with E-state index in [1.807, 2.05) is 18.2 Å². The lowest BCUT2D eigenvalue weighted by atomic mass is 10.0.